The van der Waals surface area contributed by atoms with Gasteiger partial charge in [0.15, 0.2) is 5.13 Å². The van der Waals surface area contributed by atoms with Crippen molar-refractivity contribution in [2.75, 3.05) is 29.4 Å². The molecular formula is C26H28N8O3S. The maximum atomic E-state index is 12.0. The Hall–Kier alpha value is -4.19. The molecule has 0 atom stereocenters. The highest BCUT2D eigenvalue weighted by molar-refractivity contribution is 7.23. The van der Waals surface area contributed by atoms with Gasteiger partial charge in [-0.1, -0.05) is 11.3 Å². The number of urea groups is 1. The number of carbonyl (C=O) groups excluding carboxylic acids is 1. The minimum absolute atomic E-state index is 0.404. The molecule has 5 rings (SSSR count). The predicted octanol–water partition coefficient (Wildman–Crippen LogP) is 4.11. The van der Waals surface area contributed by atoms with E-state index in [1.807, 2.05) is 36.9 Å². The fourth-order valence-electron chi connectivity index (χ4n) is 4.53. The van der Waals surface area contributed by atoms with Crippen LogP contribution in [0.4, 0.5) is 15.9 Å². The van der Waals surface area contributed by atoms with E-state index in [4.69, 9.17) is 10.7 Å². The second-order valence-corrected chi connectivity index (χ2v) is 10.6. The van der Waals surface area contributed by atoms with Gasteiger partial charge in [-0.3, -0.25) is 9.69 Å². The van der Waals surface area contributed by atoms with E-state index in [0.29, 0.717) is 49.1 Å². The third-order valence-corrected chi connectivity index (χ3v) is 8.14. The van der Waals surface area contributed by atoms with Crippen molar-refractivity contribution >= 4 is 44.6 Å². The van der Waals surface area contributed by atoms with Gasteiger partial charge in [0.1, 0.15) is 6.33 Å². The molecule has 0 bridgehead atoms. The molecule has 1 aliphatic heterocycles. The minimum Gasteiger partial charge on any atom is -0.481 e. The Kier molecular flexibility index (Phi) is 6.66. The van der Waals surface area contributed by atoms with Gasteiger partial charge < -0.3 is 15.7 Å². The number of fused-ring (bicyclic) bond motifs is 1. The van der Waals surface area contributed by atoms with E-state index in [-0.39, 0.29) is 0 Å². The van der Waals surface area contributed by atoms with Crippen LogP contribution < -0.4 is 15.5 Å². The first-order valence-corrected chi connectivity index (χ1v) is 13.1. The van der Waals surface area contributed by atoms with Gasteiger partial charge in [-0.2, -0.15) is 0 Å². The monoisotopic (exact) mass is 532 g/mol. The molecule has 1 fully saturated rings. The highest BCUT2D eigenvalue weighted by Gasteiger charge is 2.37. The highest BCUT2D eigenvalue weighted by Crippen LogP contribution is 2.39. The molecule has 38 heavy (non-hydrogen) atoms. The van der Waals surface area contributed by atoms with Gasteiger partial charge in [-0.05, 0) is 57.4 Å². The van der Waals surface area contributed by atoms with E-state index in [1.54, 1.807) is 19.3 Å². The van der Waals surface area contributed by atoms with Crippen molar-refractivity contribution in [3.63, 3.8) is 0 Å². The Labute approximate surface area is 223 Å². The summed E-state index contributed by atoms with van der Waals surface area (Å²) in [6.07, 6.45) is 6.13. The summed E-state index contributed by atoms with van der Waals surface area (Å²) in [6, 6.07) is 5.31. The van der Waals surface area contributed by atoms with Crippen molar-refractivity contribution in [3.05, 3.63) is 42.6 Å². The molecule has 1 aliphatic rings. The average Bonchev–Trinajstić information content (AvgIpc) is 3.32. The number of carboxylic acid groups (broad SMARTS) is 1. The number of benzene rings is 1. The summed E-state index contributed by atoms with van der Waals surface area (Å²) in [6.45, 7) is 7.11. The molecule has 0 unspecified atom stereocenters. The van der Waals surface area contributed by atoms with Crippen molar-refractivity contribution in [3.8, 4) is 22.4 Å². The lowest BCUT2D eigenvalue weighted by Crippen LogP contribution is -2.43. The number of carboxylic acids is 1. The number of nitrogens with two attached hydrogens (primary N) is 1. The van der Waals surface area contributed by atoms with Crippen LogP contribution in [0.5, 0.6) is 0 Å². The third-order valence-electron chi connectivity index (χ3n) is 7.01. The number of aliphatic carboxylic acids is 1. The Bertz CT molecular complexity index is 1510. The first-order valence-electron chi connectivity index (χ1n) is 12.3. The van der Waals surface area contributed by atoms with E-state index >= 15 is 0 Å². The van der Waals surface area contributed by atoms with E-state index in [0.717, 1.165) is 32.8 Å². The van der Waals surface area contributed by atoms with Crippen molar-refractivity contribution in [2.45, 2.75) is 33.6 Å². The third kappa shape index (κ3) is 4.74. The molecule has 0 aliphatic carbocycles. The van der Waals surface area contributed by atoms with Gasteiger partial charge in [0.2, 0.25) is 5.95 Å². The first-order chi connectivity index (χ1) is 18.2. The number of thiazole rings is 1. The zero-order chi connectivity index (χ0) is 27.0. The molecule has 4 heterocycles. The van der Waals surface area contributed by atoms with Crippen molar-refractivity contribution in [1.82, 2.24) is 24.9 Å². The summed E-state index contributed by atoms with van der Waals surface area (Å²) in [5, 5.41) is 10.0. The average molecular weight is 533 g/mol. The van der Waals surface area contributed by atoms with Crippen LogP contribution in [0.2, 0.25) is 0 Å². The summed E-state index contributed by atoms with van der Waals surface area (Å²) >= 11 is 1.39. The van der Waals surface area contributed by atoms with Gasteiger partial charge in [0.25, 0.3) is 0 Å². The van der Waals surface area contributed by atoms with E-state index in [1.165, 1.54) is 22.6 Å². The maximum Gasteiger partial charge on any atom is 0.321 e. The van der Waals surface area contributed by atoms with Crippen LogP contribution in [0.25, 0.3) is 32.6 Å². The smallest absolute Gasteiger partial charge is 0.321 e. The number of hydrogen-bond donors (Lipinski definition) is 2. The molecule has 0 saturated carbocycles. The molecule has 12 heteroatoms. The Balaban J connectivity index is 1.52. The molecule has 1 saturated heterocycles. The number of anilines is 2. The quantitative estimate of drug-likeness (QED) is 0.374. The summed E-state index contributed by atoms with van der Waals surface area (Å²) in [5.74, 6) is -0.188. The van der Waals surface area contributed by atoms with E-state index in [9.17, 15) is 14.7 Å². The van der Waals surface area contributed by atoms with E-state index < -0.39 is 17.4 Å². The lowest BCUT2D eigenvalue weighted by atomic mass is 9.80. The number of amides is 2. The number of hydrogen-bond acceptors (Lipinski definition) is 9. The fraction of sp³-hybridized carbons (Fsp3) is 0.346. The van der Waals surface area contributed by atoms with Crippen LogP contribution in [-0.2, 0) is 4.79 Å². The van der Waals surface area contributed by atoms with Crippen LogP contribution in [0.3, 0.4) is 0 Å². The number of carbonyl (C=O) groups is 2. The molecule has 0 spiro atoms. The fourth-order valence-corrected chi connectivity index (χ4v) is 5.67. The Morgan fingerprint density at radius 1 is 1.11 bits per heavy atom. The summed E-state index contributed by atoms with van der Waals surface area (Å²) < 4.78 is 0.883. The molecule has 196 valence electrons. The lowest BCUT2D eigenvalue weighted by Gasteiger charge is -2.36. The predicted molar refractivity (Wildman–Crippen MR) is 146 cm³/mol. The topological polar surface area (TPSA) is 151 Å². The zero-order valence-electron chi connectivity index (χ0n) is 21.4. The SMILES string of the molecule is CCN(C(N)=O)c1nc2cc(-c3cnc(N4CCC(C)(C(=O)O)CC4)nc3)cc(-c3cc(C)ncn3)c2s1. The van der Waals surface area contributed by atoms with Gasteiger partial charge in [0.05, 0.1) is 21.3 Å². The lowest BCUT2D eigenvalue weighted by molar-refractivity contribution is -0.149. The molecule has 3 N–H and O–H groups in total. The molecule has 11 nitrogen and oxygen atoms in total. The van der Waals surface area contributed by atoms with Crippen molar-refractivity contribution in [2.24, 2.45) is 11.1 Å². The maximum absolute atomic E-state index is 12.0. The Morgan fingerprint density at radius 3 is 2.42 bits per heavy atom. The number of piperidine rings is 1. The normalized spacial score (nSPS) is 15.0. The summed E-state index contributed by atoms with van der Waals surface area (Å²) in [4.78, 5) is 49.6. The molecule has 4 aromatic rings. The largest absolute Gasteiger partial charge is 0.481 e. The van der Waals surface area contributed by atoms with Gasteiger partial charge in [-0.15, -0.1) is 0 Å². The zero-order valence-corrected chi connectivity index (χ0v) is 22.2. The molecule has 1 aromatic carbocycles. The van der Waals surface area contributed by atoms with Crippen LogP contribution in [0.15, 0.2) is 36.9 Å². The van der Waals surface area contributed by atoms with Gasteiger partial charge in [0, 0.05) is 48.8 Å². The number of nitrogens with zero attached hydrogens (tertiary/aromatic N) is 7. The minimum atomic E-state index is -0.762. The Morgan fingerprint density at radius 2 is 1.82 bits per heavy atom. The molecule has 3 aromatic heterocycles. The van der Waals surface area contributed by atoms with Crippen LogP contribution in [0.1, 0.15) is 32.4 Å². The van der Waals surface area contributed by atoms with Crippen LogP contribution >= 0.6 is 11.3 Å². The highest BCUT2D eigenvalue weighted by atomic mass is 32.1. The standard InChI is InChI=1S/C26H28N8O3S/c1-4-34(23(27)37)25-32-20-11-16(10-18(21(20)38-25)19-9-15(2)30-14-31-19)17-12-28-24(29-13-17)33-7-5-26(3,6-8-33)22(35)36/h9-14H,4-8H2,1-3H3,(H2,27,37)(H,35,36). The van der Waals surface area contributed by atoms with Crippen molar-refractivity contribution < 1.29 is 14.7 Å². The second-order valence-electron chi connectivity index (χ2n) is 9.62. The van der Waals surface area contributed by atoms with Gasteiger partial charge in [-0.25, -0.2) is 29.7 Å². The molecule has 0 radical (unpaired) electrons. The van der Waals surface area contributed by atoms with Crippen molar-refractivity contribution in [1.29, 1.82) is 0 Å². The van der Waals surface area contributed by atoms with Crippen LogP contribution in [0, 0.1) is 12.3 Å². The number of aryl methyl sites for hydroxylation is 1. The second kappa shape index (κ2) is 9.93. The van der Waals surface area contributed by atoms with E-state index in [2.05, 4.69) is 19.9 Å². The number of aromatic nitrogens is 5. The van der Waals surface area contributed by atoms with Gasteiger partial charge >= 0.3 is 12.0 Å². The number of rotatable bonds is 6. The van der Waals surface area contributed by atoms with Crippen LogP contribution in [-0.4, -0.2) is 61.7 Å². The summed E-state index contributed by atoms with van der Waals surface area (Å²) in [5.41, 5.74) is 9.67. The number of primary amides is 1. The first kappa shape index (κ1) is 25.5. The molecular weight excluding hydrogens is 504 g/mol. The summed E-state index contributed by atoms with van der Waals surface area (Å²) in [7, 11) is 0. The molecule has 2 amide bonds.